The first-order valence-electron chi connectivity index (χ1n) is 6.36. The Hall–Kier alpha value is -2.21. The first-order chi connectivity index (χ1) is 9.65. The monoisotopic (exact) mass is 276 g/mol. The molecular weight excluding hydrogens is 260 g/mol. The first kappa shape index (κ1) is 14.2. The number of carbonyl (C=O) groups is 3. The number of hydrogen-bond acceptors (Lipinski definition) is 4. The van der Waals surface area contributed by atoms with Gasteiger partial charge >= 0.3 is 6.03 Å². The molecule has 6 heteroatoms. The van der Waals surface area contributed by atoms with E-state index >= 15 is 0 Å². The number of benzene rings is 1. The number of anilines is 1. The van der Waals surface area contributed by atoms with Crippen LogP contribution in [-0.2, 0) is 14.3 Å². The Labute approximate surface area is 116 Å². The maximum atomic E-state index is 12.3. The van der Waals surface area contributed by atoms with Crippen LogP contribution in [0.25, 0.3) is 0 Å². The van der Waals surface area contributed by atoms with Crippen LogP contribution in [-0.4, -0.2) is 43.0 Å². The zero-order valence-electron chi connectivity index (χ0n) is 11.2. The fraction of sp³-hybridized carbons (Fsp3) is 0.357. The van der Waals surface area contributed by atoms with Crippen LogP contribution in [0.15, 0.2) is 30.3 Å². The molecule has 0 radical (unpaired) electrons. The summed E-state index contributed by atoms with van der Waals surface area (Å²) in [5.41, 5.74) is 0.478. The van der Waals surface area contributed by atoms with E-state index in [-0.39, 0.29) is 13.0 Å². The molecular formula is C14H16N2O4. The summed E-state index contributed by atoms with van der Waals surface area (Å²) < 4.78 is 4.91. The fourth-order valence-corrected chi connectivity index (χ4v) is 2.06. The van der Waals surface area contributed by atoms with E-state index < -0.39 is 17.8 Å². The van der Waals surface area contributed by atoms with Gasteiger partial charge in [-0.1, -0.05) is 18.2 Å². The Kier molecular flexibility index (Phi) is 4.47. The molecule has 0 aliphatic carbocycles. The van der Waals surface area contributed by atoms with Crippen molar-refractivity contribution in [2.75, 3.05) is 25.2 Å². The van der Waals surface area contributed by atoms with Gasteiger partial charge in [0.1, 0.15) is 6.42 Å². The van der Waals surface area contributed by atoms with Crippen molar-refractivity contribution in [2.45, 2.75) is 12.8 Å². The molecule has 0 aromatic heterocycles. The van der Waals surface area contributed by atoms with Gasteiger partial charge in [0.2, 0.25) is 11.8 Å². The van der Waals surface area contributed by atoms with Crippen molar-refractivity contribution in [3.63, 3.8) is 0 Å². The van der Waals surface area contributed by atoms with Crippen molar-refractivity contribution < 1.29 is 19.1 Å². The number of imide groups is 2. The minimum atomic E-state index is -0.589. The highest BCUT2D eigenvalue weighted by molar-refractivity contribution is 6.26. The minimum Gasteiger partial charge on any atom is -0.385 e. The van der Waals surface area contributed by atoms with Crippen molar-refractivity contribution in [3.8, 4) is 0 Å². The largest absolute Gasteiger partial charge is 0.385 e. The molecule has 1 aromatic rings. The Morgan fingerprint density at radius 2 is 1.80 bits per heavy atom. The van der Waals surface area contributed by atoms with E-state index in [2.05, 4.69) is 0 Å². The van der Waals surface area contributed by atoms with Gasteiger partial charge < -0.3 is 4.74 Å². The summed E-state index contributed by atoms with van der Waals surface area (Å²) >= 11 is 0. The Bertz CT molecular complexity index is 515. The molecule has 2 rings (SSSR count). The third-order valence-electron chi connectivity index (χ3n) is 3.02. The molecule has 0 atom stereocenters. The van der Waals surface area contributed by atoms with E-state index in [1.807, 2.05) is 0 Å². The summed E-state index contributed by atoms with van der Waals surface area (Å²) in [5, 5.41) is 0. The van der Waals surface area contributed by atoms with E-state index in [0.717, 1.165) is 9.80 Å². The van der Waals surface area contributed by atoms with Gasteiger partial charge in [0.25, 0.3) is 0 Å². The van der Waals surface area contributed by atoms with Crippen LogP contribution in [0.3, 0.4) is 0 Å². The highest BCUT2D eigenvalue weighted by Crippen LogP contribution is 2.21. The lowest BCUT2D eigenvalue weighted by Crippen LogP contribution is -2.55. The molecule has 4 amide bonds. The molecule has 1 fully saturated rings. The van der Waals surface area contributed by atoms with Crippen LogP contribution in [0.4, 0.5) is 10.5 Å². The molecule has 106 valence electrons. The lowest BCUT2D eigenvalue weighted by molar-refractivity contribution is -0.134. The van der Waals surface area contributed by atoms with E-state index in [4.69, 9.17) is 4.74 Å². The molecule has 0 saturated carbocycles. The summed E-state index contributed by atoms with van der Waals surface area (Å²) in [6.45, 7) is 0.707. The zero-order chi connectivity index (χ0) is 14.5. The molecule has 1 aliphatic heterocycles. The first-order valence-corrected chi connectivity index (χ1v) is 6.36. The number of hydrogen-bond donors (Lipinski definition) is 0. The molecule has 1 aliphatic rings. The SMILES string of the molecule is COCCCN1C(=O)CC(=O)N(c2ccccc2)C1=O. The van der Waals surface area contributed by atoms with Crippen LogP contribution in [0.2, 0.25) is 0 Å². The van der Waals surface area contributed by atoms with Gasteiger partial charge in [-0.3, -0.25) is 14.5 Å². The fourth-order valence-electron chi connectivity index (χ4n) is 2.06. The zero-order valence-corrected chi connectivity index (χ0v) is 11.2. The lowest BCUT2D eigenvalue weighted by Gasteiger charge is -2.32. The van der Waals surface area contributed by atoms with Crippen molar-refractivity contribution >= 4 is 23.5 Å². The van der Waals surface area contributed by atoms with Crippen molar-refractivity contribution in [2.24, 2.45) is 0 Å². The molecule has 1 aromatic carbocycles. The normalized spacial score (nSPS) is 15.9. The van der Waals surface area contributed by atoms with Crippen molar-refractivity contribution in [1.82, 2.24) is 4.90 Å². The molecule has 0 unspecified atom stereocenters. The van der Waals surface area contributed by atoms with Gasteiger partial charge in [-0.05, 0) is 18.6 Å². The Morgan fingerprint density at radius 3 is 2.45 bits per heavy atom. The van der Waals surface area contributed by atoms with Crippen LogP contribution in [0, 0.1) is 0 Å². The van der Waals surface area contributed by atoms with Crippen LogP contribution in [0.1, 0.15) is 12.8 Å². The highest BCUT2D eigenvalue weighted by Gasteiger charge is 2.38. The van der Waals surface area contributed by atoms with Gasteiger partial charge in [-0.25, -0.2) is 9.69 Å². The second-order valence-corrected chi connectivity index (χ2v) is 4.42. The standard InChI is InChI=1S/C14H16N2O4/c1-20-9-5-8-15-12(17)10-13(18)16(14(15)19)11-6-3-2-4-7-11/h2-4,6-7H,5,8-10H2,1H3. The van der Waals surface area contributed by atoms with Crippen LogP contribution < -0.4 is 4.90 Å². The van der Waals surface area contributed by atoms with Gasteiger partial charge in [-0.15, -0.1) is 0 Å². The van der Waals surface area contributed by atoms with Crippen LogP contribution >= 0.6 is 0 Å². The lowest BCUT2D eigenvalue weighted by atomic mass is 10.2. The van der Waals surface area contributed by atoms with Crippen molar-refractivity contribution in [3.05, 3.63) is 30.3 Å². The van der Waals surface area contributed by atoms with Gasteiger partial charge in [0.15, 0.2) is 0 Å². The number of rotatable bonds is 5. The van der Waals surface area contributed by atoms with Crippen LogP contribution in [0.5, 0.6) is 0 Å². The molecule has 1 saturated heterocycles. The second-order valence-electron chi connectivity index (χ2n) is 4.42. The number of nitrogens with zero attached hydrogens (tertiary/aromatic N) is 2. The number of methoxy groups -OCH3 is 1. The highest BCUT2D eigenvalue weighted by atomic mass is 16.5. The van der Waals surface area contributed by atoms with Crippen molar-refractivity contribution in [1.29, 1.82) is 0 Å². The third kappa shape index (κ3) is 2.85. The summed E-state index contributed by atoms with van der Waals surface area (Å²) in [7, 11) is 1.56. The third-order valence-corrected chi connectivity index (χ3v) is 3.02. The quantitative estimate of drug-likeness (QED) is 0.602. The molecule has 20 heavy (non-hydrogen) atoms. The van der Waals surface area contributed by atoms with Gasteiger partial charge in [0.05, 0.1) is 5.69 Å². The number of ether oxygens (including phenoxy) is 1. The van der Waals surface area contributed by atoms with Gasteiger partial charge in [-0.2, -0.15) is 0 Å². The van der Waals surface area contributed by atoms with E-state index in [1.165, 1.54) is 0 Å². The maximum Gasteiger partial charge on any atom is 0.338 e. The molecule has 0 bridgehead atoms. The van der Waals surface area contributed by atoms with Gasteiger partial charge in [0, 0.05) is 20.3 Å². The summed E-state index contributed by atoms with van der Waals surface area (Å²) in [5.74, 6) is -0.947. The summed E-state index contributed by atoms with van der Waals surface area (Å²) in [4.78, 5) is 38.2. The maximum absolute atomic E-state index is 12.3. The number of carbonyl (C=O) groups excluding carboxylic acids is 3. The Balaban J connectivity index is 2.18. The Morgan fingerprint density at radius 1 is 1.10 bits per heavy atom. The average molecular weight is 276 g/mol. The predicted molar refractivity (Wildman–Crippen MR) is 72.1 cm³/mol. The smallest absolute Gasteiger partial charge is 0.338 e. The second kappa shape index (κ2) is 6.29. The van der Waals surface area contributed by atoms with E-state index in [1.54, 1.807) is 37.4 Å². The molecule has 1 heterocycles. The number of para-hydroxylation sites is 1. The molecule has 6 nitrogen and oxygen atoms in total. The number of barbiturate groups is 1. The van der Waals surface area contributed by atoms with E-state index in [9.17, 15) is 14.4 Å². The average Bonchev–Trinajstić information content (AvgIpc) is 2.43. The topological polar surface area (TPSA) is 66.9 Å². The molecule has 0 spiro atoms. The predicted octanol–water partition coefficient (Wildman–Crippen LogP) is 1.41. The van der Waals surface area contributed by atoms with E-state index in [0.29, 0.717) is 18.7 Å². The summed E-state index contributed by atoms with van der Waals surface area (Å²) in [6.07, 6.45) is 0.262. The number of amides is 4. The minimum absolute atomic E-state index is 0.252. The molecule has 0 N–H and O–H groups in total. The summed E-state index contributed by atoms with van der Waals surface area (Å²) in [6, 6.07) is 8.01. The number of urea groups is 1.